The van der Waals surface area contributed by atoms with Crippen LogP contribution in [-0.2, 0) is 4.79 Å². The lowest BCUT2D eigenvalue weighted by atomic mass is 10.2. The standard InChI is InChI=1S/C17H20N2O3S/c1-4-18-16(20)11(2)19-17(21)15-13(22-3)10-14(23-15)12-8-6-5-7-9-12/h5-11H,4H2,1-3H3,(H,18,20)(H,19,21). The molecule has 2 amide bonds. The minimum atomic E-state index is -0.602. The number of methoxy groups -OCH3 is 1. The fraction of sp³-hybridized carbons (Fsp3) is 0.294. The molecule has 0 radical (unpaired) electrons. The Morgan fingerprint density at radius 3 is 2.57 bits per heavy atom. The lowest BCUT2D eigenvalue weighted by Gasteiger charge is -2.13. The van der Waals surface area contributed by atoms with Gasteiger partial charge in [0.15, 0.2) is 0 Å². The predicted molar refractivity (Wildman–Crippen MR) is 91.9 cm³/mol. The fourth-order valence-corrected chi connectivity index (χ4v) is 3.12. The van der Waals surface area contributed by atoms with Crippen LogP contribution in [0.4, 0.5) is 0 Å². The first-order valence-electron chi connectivity index (χ1n) is 7.38. The first kappa shape index (κ1) is 17.0. The molecule has 0 bridgehead atoms. The third kappa shape index (κ3) is 4.10. The minimum absolute atomic E-state index is 0.209. The van der Waals surface area contributed by atoms with Gasteiger partial charge < -0.3 is 15.4 Å². The van der Waals surface area contributed by atoms with Crippen LogP contribution in [0.25, 0.3) is 10.4 Å². The monoisotopic (exact) mass is 332 g/mol. The molecule has 2 rings (SSSR count). The van der Waals surface area contributed by atoms with Crippen LogP contribution in [0.1, 0.15) is 23.5 Å². The number of carbonyl (C=O) groups excluding carboxylic acids is 2. The van der Waals surface area contributed by atoms with Crippen LogP contribution >= 0.6 is 11.3 Å². The number of rotatable bonds is 6. The highest BCUT2D eigenvalue weighted by Gasteiger charge is 2.21. The van der Waals surface area contributed by atoms with E-state index in [4.69, 9.17) is 4.74 Å². The molecule has 6 heteroatoms. The first-order valence-corrected chi connectivity index (χ1v) is 8.20. The second-order valence-electron chi connectivity index (χ2n) is 4.96. The molecule has 5 nitrogen and oxygen atoms in total. The Labute approximate surface area is 139 Å². The number of likely N-dealkylation sites (N-methyl/N-ethyl adjacent to an activating group) is 1. The van der Waals surface area contributed by atoms with Gasteiger partial charge in [-0.2, -0.15) is 0 Å². The molecule has 1 heterocycles. The second-order valence-corrected chi connectivity index (χ2v) is 6.02. The highest BCUT2D eigenvalue weighted by molar-refractivity contribution is 7.17. The summed E-state index contributed by atoms with van der Waals surface area (Å²) in [4.78, 5) is 25.6. The fourth-order valence-electron chi connectivity index (χ4n) is 2.08. The Morgan fingerprint density at radius 2 is 1.96 bits per heavy atom. The van der Waals surface area contributed by atoms with Crippen LogP contribution in [0.2, 0.25) is 0 Å². The Bertz CT molecular complexity index is 682. The van der Waals surface area contributed by atoms with E-state index in [1.165, 1.54) is 18.4 Å². The van der Waals surface area contributed by atoms with Crippen molar-refractivity contribution < 1.29 is 14.3 Å². The van der Waals surface area contributed by atoms with Crippen molar-refractivity contribution >= 4 is 23.2 Å². The quantitative estimate of drug-likeness (QED) is 0.854. The molecule has 2 N–H and O–H groups in total. The van der Waals surface area contributed by atoms with E-state index in [0.29, 0.717) is 17.2 Å². The largest absolute Gasteiger partial charge is 0.495 e. The predicted octanol–water partition coefficient (Wildman–Crippen LogP) is 2.68. The number of amides is 2. The molecule has 122 valence electrons. The summed E-state index contributed by atoms with van der Waals surface area (Å²) in [6.45, 7) is 4.02. The van der Waals surface area contributed by atoms with E-state index < -0.39 is 6.04 Å². The van der Waals surface area contributed by atoms with Gasteiger partial charge in [-0.05, 0) is 25.5 Å². The molecule has 0 aliphatic heterocycles. The Kier molecular flexibility index (Phi) is 5.76. The summed E-state index contributed by atoms with van der Waals surface area (Å²) in [5.74, 6) is -0.0121. The first-order chi connectivity index (χ1) is 11.1. The van der Waals surface area contributed by atoms with Gasteiger partial charge in [-0.1, -0.05) is 30.3 Å². The zero-order chi connectivity index (χ0) is 16.8. The molecular formula is C17H20N2O3S. The van der Waals surface area contributed by atoms with Crippen molar-refractivity contribution in [2.75, 3.05) is 13.7 Å². The number of hydrogen-bond acceptors (Lipinski definition) is 4. The van der Waals surface area contributed by atoms with Gasteiger partial charge in [0.25, 0.3) is 5.91 Å². The van der Waals surface area contributed by atoms with Gasteiger partial charge in [0.2, 0.25) is 5.91 Å². The van der Waals surface area contributed by atoms with Crippen molar-refractivity contribution in [3.63, 3.8) is 0 Å². The SMILES string of the molecule is CCNC(=O)C(C)NC(=O)c1sc(-c2ccccc2)cc1OC. The summed E-state index contributed by atoms with van der Waals surface area (Å²) in [7, 11) is 1.53. The summed E-state index contributed by atoms with van der Waals surface area (Å²) < 4.78 is 5.31. The third-order valence-electron chi connectivity index (χ3n) is 3.27. The van der Waals surface area contributed by atoms with E-state index in [2.05, 4.69) is 10.6 Å². The molecular weight excluding hydrogens is 312 g/mol. The average Bonchev–Trinajstić information content (AvgIpc) is 3.00. The summed E-state index contributed by atoms with van der Waals surface area (Å²) in [5.41, 5.74) is 1.02. The summed E-state index contributed by atoms with van der Waals surface area (Å²) >= 11 is 1.34. The van der Waals surface area contributed by atoms with Crippen molar-refractivity contribution in [1.82, 2.24) is 10.6 Å². The molecule has 1 aromatic heterocycles. The molecule has 0 fully saturated rings. The summed E-state index contributed by atoms with van der Waals surface area (Å²) in [5, 5.41) is 5.38. The number of thiophene rings is 1. The number of hydrogen-bond donors (Lipinski definition) is 2. The summed E-state index contributed by atoms with van der Waals surface area (Å²) in [6.07, 6.45) is 0. The molecule has 2 aromatic rings. The summed E-state index contributed by atoms with van der Waals surface area (Å²) in [6, 6.07) is 11.0. The van der Waals surface area contributed by atoms with Gasteiger partial charge in [-0.3, -0.25) is 9.59 Å². The van der Waals surface area contributed by atoms with Crippen LogP contribution < -0.4 is 15.4 Å². The molecule has 0 spiro atoms. The number of benzene rings is 1. The molecule has 0 aliphatic rings. The van der Waals surface area contributed by atoms with Gasteiger partial charge in [0, 0.05) is 11.4 Å². The van der Waals surface area contributed by atoms with Gasteiger partial charge in [0.1, 0.15) is 16.7 Å². The van der Waals surface area contributed by atoms with Gasteiger partial charge in [0.05, 0.1) is 7.11 Å². The number of nitrogens with one attached hydrogen (secondary N) is 2. The van der Waals surface area contributed by atoms with E-state index in [0.717, 1.165) is 10.4 Å². The van der Waals surface area contributed by atoms with Crippen molar-refractivity contribution in [1.29, 1.82) is 0 Å². The highest BCUT2D eigenvalue weighted by atomic mass is 32.1. The van der Waals surface area contributed by atoms with Gasteiger partial charge >= 0.3 is 0 Å². The Balaban J connectivity index is 2.20. The topological polar surface area (TPSA) is 67.4 Å². The molecule has 0 saturated heterocycles. The highest BCUT2D eigenvalue weighted by Crippen LogP contribution is 2.36. The van der Waals surface area contributed by atoms with Gasteiger partial charge in [-0.25, -0.2) is 0 Å². The maximum absolute atomic E-state index is 12.4. The normalized spacial score (nSPS) is 11.6. The number of ether oxygens (including phenoxy) is 1. The van der Waals surface area contributed by atoms with Crippen molar-refractivity contribution in [3.05, 3.63) is 41.3 Å². The number of carbonyl (C=O) groups is 2. The minimum Gasteiger partial charge on any atom is -0.495 e. The lowest BCUT2D eigenvalue weighted by molar-refractivity contribution is -0.122. The van der Waals surface area contributed by atoms with Gasteiger partial charge in [-0.15, -0.1) is 11.3 Å². The van der Waals surface area contributed by atoms with E-state index >= 15 is 0 Å². The second kappa shape index (κ2) is 7.78. The lowest BCUT2D eigenvalue weighted by Crippen LogP contribution is -2.44. The molecule has 1 aromatic carbocycles. The molecule has 0 saturated carbocycles. The van der Waals surface area contributed by atoms with E-state index in [-0.39, 0.29) is 11.8 Å². The van der Waals surface area contributed by atoms with Crippen LogP contribution in [0.3, 0.4) is 0 Å². The average molecular weight is 332 g/mol. The zero-order valence-corrected chi connectivity index (χ0v) is 14.2. The maximum atomic E-state index is 12.4. The van der Waals surface area contributed by atoms with Crippen LogP contribution in [0.15, 0.2) is 36.4 Å². The van der Waals surface area contributed by atoms with Crippen molar-refractivity contribution in [2.24, 2.45) is 0 Å². The molecule has 1 unspecified atom stereocenters. The zero-order valence-electron chi connectivity index (χ0n) is 13.4. The molecule has 1 atom stereocenters. The van der Waals surface area contributed by atoms with Crippen LogP contribution in [0, 0.1) is 0 Å². The smallest absolute Gasteiger partial charge is 0.265 e. The maximum Gasteiger partial charge on any atom is 0.265 e. The van der Waals surface area contributed by atoms with Crippen LogP contribution in [-0.4, -0.2) is 31.5 Å². The Morgan fingerprint density at radius 1 is 1.26 bits per heavy atom. The van der Waals surface area contributed by atoms with E-state index in [9.17, 15) is 9.59 Å². The Hall–Kier alpha value is -2.34. The molecule has 23 heavy (non-hydrogen) atoms. The molecule has 0 aliphatic carbocycles. The van der Waals surface area contributed by atoms with Crippen molar-refractivity contribution in [3.8, 4) is 16.2 Å². The van der Waals surface area contributed by atoms with E-state index in [1.54, 1.807) is 6.92 Å². The van der Waals surface area contributed by atoms with Crippen LogP contribution in [0.5, 0.6) is 5.75 Å². The third-order valence-corrected chi connectivity index (χ3v) is 4.44. The van der Waals surface area contributed by atoms with E-state index in [1.807, 2.05) is 43.3 Å². The van der Waals surface area contributed by atoms with Crippen molar-refractivity contribution in [2.45, 2.75) is 19.9 Å².